The molecule has 0 unspecified atom stereocenters. The van der Waals surface area contributed by atoms with E-state index in [9.17, 15) is 0 Å². The van der Waals surface area contributed by atoms with Gasteiger partial charge in [0.1, 0.15) is 0 Å². The van der Waals surface area contributed by atoms with E-state index in [1.165, 1.54) is 19.4 Å². The highest BCUT2D eigenvalue weighted by molar-refractivity contribution is 4.49. The maximum absolute atomic E-state index is 5.01. The molecule has 1 aliphatic rings. The van der Waals surface area contributed by atoms with E-state index in [0.29, 0.717) is 0 Å². The molecule has 1 saturated heterocycles. The van der Waals surface area contributed by atoms with Gasteiger partial charge in [-0.1, -0.05) is 20.3 Å². The van der Waals surface area contributed by atoms with E-state index in [-0.39, 0.29) is 0 Å². The summed E-state index contributed by atoms with van der Waals surface area (Å²) in [6.07, 6.45) is 2.61. The Kier molecular flexibility index (Phi) is 11.8. The van der Waals surface area contributed by atoms with Gasteiger partial charge in [-0.05, 0) is 19.5 Å². The summed E-state index contributed by atoms with van der Waals surface area (Å²) in [5.41, 5.74) is 0. The first kappa shape index (κ1) is 12.9. The Hall–Kier alpha value is -0.120. The molecule has 0 aromatic rings. The fraction of sp³-hybridized carbons (Fsp3) is 1.00. The average molecular weight is 188 g/mol. The van der Waals surface area contributed by atoms with E-state index in [0.717, 1.165) is 32.8 Å². The predicted molar refractivity (Wildman–Crippen MR) is 57.1 cm³/mol. The smallest absolute Gasteiger partial charge is 0.0591 e. The van der Waals surface area contributed by atoms with Crippen molar-refractivity contribution in [1.82, 2.24) is 10.6 Å². The Labute approximate surface area is 82.2 Å². The van der Waals surface area contributed by atoms with Crippen molar-refractivity contribution in [2.24, 2.45) is 0 Å². The zero-order valence-electron chi connectivity index (χ0n) is 9.07. The third-order valence-electron chi connectivity index (χ3n) is 1.80. The fourth-order valence-corrected chi connectivity index (χ4v) is 0.994. The van der Waals surface area contributed by atoms with Gasteiger partial charge in [-0.25, -0.2) is 0 Å². The van der Waals surface area contributed by atoms with Gasteiger partial charge in [0.2, 0.25) is 0 Å². The Bertz CT molecular complexity index is 69.5. The van der Waals surface area contributed by atoms with Crippen LogP contribution in [0.25, 0.3) is 0 Å². The van der Waals surface area contributed by atoms with Gasteiger partial charge < -0.3 is 15.4 Å². The second-order valence-electron chi connectivity index (χ2n) is 3.07. The van der Waals surface area contributed by atoms with Gasteiger partial charge in [0, 0.05) is 13.1 Å². The minimum absolute atomic E-state index is 0.889. The van der Waals surface area contributed by atoms with Crippen LogP contribution in [0.2, 0.25) is 0 Å². The molecule has 0 bridgehead atoms. The van der Waals surface area contributed by atoms with Crippen LogP contribution in [-0.2, 0) is 4.74 Å². The third kappa shape index (κ3) is 11.9. The highest BCUT2D eigenvalue weighted by Crippen LogP contribution is 1.80. The molecule has 0 aromatic heterocycles. The van der Waals surface area contributed by atoms with Crippen molar-refractivity contribution in [2.75, 3.05) is 39.4 Å². The SMILES string of the molecule is C1COCCN1.CCCCNCC. The predicted octanol–water partition coefficient (Wildman–Crippen LogP) is 1.00. The maximum Gasteiger partial charge on any atom is 0.0591 e. The number of rotatable bonds is 4. The van der Waals surface area contributed by atoms with Crippen LogP contribution in [0.5, 0.6) is 0 Å². The van der Waals surface area contributed by atoms with Crippen molar-refractivity contribution >= 4 is 0 Å². The lowest BCUT2D eigenvalue weighted by Gasteiger charge is -2.10. The van der Waals surface area contributed by atoms with Crippen molar-refractivity contribution in [3.05, 3.63) is 0 Å². The molecule has 0 aromatic carbocycles. The van der Waals surface area contributed by atoms with Gasteiger partial charge in [-0.15, -0.1) is 0 Å². The lowest BCUT2D eigenvalue weighted by molar-refractivity contribution is 0.109. The number of morpholine rings is 1. The second kappa shape index (κ2) is 11.9. The number of hydrogen-bond acceptors (Lipinski definition) is 3. The minimum Gasteiger partial charge on any atom is -0.379 e. The Morgan fingerprint density at radius 2 is 1.92 bits per heavy atom. The summed E-state index contributed by atoms with van der Waals surface area (Å²) >= 11 is 0. The molecule has 1 aliphatic heterocycles. The van der Waals surface area contributed by atoms with Crippen molar-refractivity contribution in [3.8, 4) is 0 Å². The highest BCUT2D eigenvalue weighted by atomic mass is 16.5. The molecule has 2 N–H and O–H groups in total. The number of ether oxygens (including phenoxy) is 1. The van der Waals surface area contributed by atoms with Crippen LogP contribution in [0.4, 0.5) is 0 Å². The van der Waals surface area contributed by atoms with Crippen LogP contribution in [0, 0.1) is 0 Å². The lowest BCUT2D eigenvalue weighted by atomic mass is 10.3. The molecule has 0 saturated carbocycles. The van der Waals surface area contributed by atoms with Gasteiger partial charge in [0.15, 0.2) is 0 Å². The average Bonchev–Trinajstić information content (AvgIpc) is 2.22. The third-order valence-corrected chi connectivity index (χ3v) is 1.80. The number of nitrogens with one attached hydrogen (secondary N) is 2. The van der Waals surface area contributed by atoms with E-state index < -0.39 is 0 Å². The standard InChI is InChI=1S/C6H15N.C4H9NO/c1-3-5-6-7-4-2;1-3-6-4-2-5-1/h7H,3-6H2,1-2H3;5H,1-4H2. The Balaban J connectivity index is 0.000000223. The zero-order valence-corrected chi connectivity index (χ0v) is 9.07. The van der Waals surface area contributed by atoms with Crippen LogP contribution in [0.3, 0.4) is 0 Å². The summed E-state index contributed by atoms with van der Waals surface area (Å²) in [5, 5.41) is 6.41. The number of hydrogen-bond donors (Lipinski definition) is 2. The molecule has 0 atom stereocenters. The summed E-state index contributed by atoms with van der Waals surface area (Å²) in [5.74, 6) is 0. The molecular weight excluding hydrogens is 164 g/mol. The van der Waals surface area contributed by atoms with E-state index in [1.807, 2.05) is 0 Å². The zero-order chi connectivity index (χ0) is 9.78. The van der Waals surface area contributed by atoms with Crippen molar-refractivity contribution in [2.45, 2.75) is 26.7 Å². The maximum atomic E-state index is 5.01. The van der Waals surface area contributed by atoms with Gasteiger partial charge in [-0.2, -0.15) is 0 Å². The first-order chi connectivity index (χ1) is 6.41. The molecule has 13 heavy (non-hydrogen) atoms. The quantitative estimate of drug-likeness (QED) is 0.646. The van der Waals surface area contributed by atoms with Crippen LogP contribution in [0.15, 0.2) is 0 Å². The van der Waals surface area contributed by atoms with Gasteiger partial charge in [0.25, 0.3) is 0 Å². The highest BCUT2D eigenvalue weighted by Gasteiger charge is 1.92. The second-order valence-corrected chi connectivity index (χ2v) is 3.07. The minimum atomic E-state index is 0.889. The summed E-state index contributed by atoms with van der Waals surface area (Å²) in [6, 6.07) is 0. The van der Waals surface area contributed by atoms with E-state index in [2.05, 4.69) is 24.5 Å². The van der Waals surface area contributed by atoms with E-state index in [1.54, 1.807) is 0 Å². The molecule has 0 spiro atoms. The monoisotopic (exact) mass is 188 g/mol. The molecule has 0 amide bonds. The Morgan fingerprint density at radius 1 is 1.23 bits per heavy atom. The molecule has 3 heteroatoms. The van der Waals surface area contributed by atoms with Crippen molar-refractivity contribution in [3.63, 3.8) is 0 Å². The number of unbranched alkanes of at least 4 members (excludes halogenated alkanes) is 1. The summed E-state index contributed by atoms with van der Waals surface area (Å²) in [7, 11) is 0. The normalized spacial score (nSPS) is 16.2. The van der Waals surface area contributed by atoms with Crippen LogP contribution in [-0.4, -0.2) is 39.4 Å². The van der Waals surface area contributed by atoms with Crippen LogP contribution >= 0.6 is 0 Å². The molecule has 1 rings (SSSR count). The fourth-order valence-electron chi connectivity index (χ4n) is 0.994. The molecule has 0 radical (unpaired) electrons. The van der Waals surface area contributed by atoms with Crippen LogP contribution in [0.1, 0.15) is 26.7 Å². The first-order valence-corrected chi connectivity index (χ1v) is 5.41. The first-order valence-electron chi connectivity index (χ1n) is 5.41. The summed E-state index contributed by atoms with van der Waals surface area (Å²) < 4.78 is 5.01. The molecule has 1 heterocycles. The van der Waals surface area contributed by atoms with Crippen molar-refractivity contribution in [1.29, 1.82) is 0 Å². The molecule has 80 valence electrons. The van der Waals surface area contributed by atoms with Crippen LogP contribution < -0.4 is 10.6 Å². The molecule has 0 aliphatic carbocycles. The molecular formula is C10H24N2O. The van der Waals surface area contributed by atoms with E-state index in [4.69, 9.17) is 4.74 Å². The van der Waals surface area contributed by atoms with Gasteiger partial charge in [-0.3, -0.25) is 0 Å². The largest absolute Gasteiger partial charge is 0.379 e. The van der Waals surface area contributed by atoms with Gasteiger partial charge in [0.05, 0.1) is 13.2 Å². The summed E-state index contributed by atoms with van der Waals surface area (Å²) in [4.78, 5) is 0. The van der Waals surface area contributed by atoms with E-state index >= 15 is 0 Å². The van der Waals surface area contributed by atoms with Crippen molar-refractivity contribution < 1.29 is 4.74 Å². The molecule has 1 fully saturated rings. The lowest BCUT2D eigenvalue weighted by Crippen LogP contribution is -2.30. The molecule has 3 nitrogen and oxygen atoms in total. The summed E-state index contributed by atoms with van der Waals surface area (Å²) in [6.45, 7) is 10.5. The Morgan fingerprint density at radius 3 is 2.23 bits per heavy atom. The topological polar surface area (TPSA) is 33.3 Å². The van der Waals surface area contributed by atoms with Gasteiger partial charge >= 0.3 is 0 Å².